The zero-order valence-electron chi connectivity index (χ0n) is 9.59. The molecule has 0 aliphatic carbocycles. The quantitative estimate of drug-likeness (QED) is 0.639. The van der Waals surface area contributed by atoms with Gasteiger partial charge in [0.1, 0.15) is 11.8 Å². The van der Waals surface area contributed by atoms with E-state index in [2.05, 4.69) is 23.2 Å². The summed E-state index contributed by atoms with van der Waals surface area (Å²) in [6, 6.07) is 20.8. The molecule has 1 aromatic heterocycles. The Labute approximate surface area is 105 Å². The molecular formula is C16H9N2. The first-order chi connectivity index (χ1) is 8.90. The molecule has 0 spiro atoms. The first-order valence-electron chi connectivity index (χ1n) is 5.64. The van der Waals surface area contributed by atoms with Gasteiger partial charge in [-0.05, 0) is 28.6 Å². The maximum absolute atomic E-state index is 9.08. The number of pyridine rings is 1. The second-order valence-electron chi connectivity index (χ2n) is 3.96. The van der Waals surface area contributed by atoms with Crippen molar-refractivity contribution in [1.82, 2.24) is 4.98 Å². The van der Waals surface area contributed by atoms with Crippen LogP contribution in [0.3, 0.4) is 0 Å². The Hall–Kier alpha value is -2.66. The molecule has 0 atom stereocenters. The largest absolute Gasteiger partial charge is 0.245 e. The van der Waals surface area contributed by atoms with E-state index in [-0.39, 0.29) is 0 Å². The average Bonchev–Trinajstić information content (AvgIpc) is 2.47. The van der Waals surface area contributed by atoms with Crippen LogP contribution in [0.5, 0.6) is 0 Å². The van der Waals surface area contributed by atoms with Crippen LogP contribution in [-0.2, 0) is 0 Å². The second kappa shape index (κ2) is 4.31. The highest BCUT2D eigenvalue weighted by molar-refractivity contribution is 5.98. The molecule has 83 valence electrons. The summed E-state index contributed by atoms with van der Waals surface area (Å²) in [5, 5.41) is 11.0. The first-order valence-corrected chi connectivity index (χ1v) is 5.64. The zero-order valence-corrected chi connectivity index (χ0v) is 9.59. The third-order valence-corrected chi connectivity index (χ3v) is 2.94. The van der Waals surface area contributed by atoms with Crippen LogP contribution in [0.1, 0.15) is 5.69 Å². The molecule has 0 bridgehead atoms. The summed E-state index contributed by atoms with van der Waals surface area (Å²) in [6.07, 6.45) is 1.68. The van der Waals surface area contributed by atoms with Crippen molar-refractivity contribution in [2.45, 2.75) is 0 Å². The fourth-order valence-electron chi connectivity index (χ4n) is 2.11. The van der Waals surface area contributed by atoms with Crippen LogP contribution in [0.2, 0.25) is 0 Å². The van der Waals surface area contributed by atoms with E-state index in [4.69, 9.17) is 5.26 Å². The zero-order chi connectivity index (χ0) is 12.4. The highest BCUT2D eigenvalue weighted by Gasteiger charge is 2.06. The minimum absolute atomic E-state index is 0.469. The molecule has 0 saturated carbocycles. The highest BCUT2D eigenvalue weighted by Crippen LogP contribution is 2.29. The molecule has 2 heteroatoms. The third kappa shape index (κ3) is 1.63. The predicted octanol–water partition coefficient (Wildman–Crippen LogP) is 3.57. The van der Waals surface area contributed by atoms with Crippen LogP contribution in [0.25, 0.3) is 21.9 Å². The molecule has 2 aromatic carbocycles. The van der Waals surface area contributed by atoms with Gasteiger partial charge in [0.05, 0.1) is 0 Å². The van der Waals surface area contributed by atoms with Gasteiger partial charge >= 0.3 is 0 Å². The Balaban J connectivity index is 2.36. The van der Waals surface area contributed by atoms with E-state index in [1.165, 1.54) is 0 Å². The Morgan fingerprint density at radius 1 is 1.00 bits per heavy atom. The van der Waals surface area contributed by atoms with Gasteiger partial charge in [-0.3, -0.25) is 0 Å². The van der Waals surface area contributed by atoms with Gasteiger partial charge in [0.25, 0.3) is 0 Å². The van der Waals surface area contributed by atoms with Crippen LogP contribution < -0.4 is 0 Å². The molecule has 0 fully saturated rings. The molecule has 1 heterocycles. The summed E-state index contributed by atoms with van der Waals surface area (Å²) in [5.74, 6) is 0. The monoisotopic (exact) mass is 229 g/mol. The smallest absolute Gasteiger partial charge is 0.148 e. The molecule has 0 saturated heterocycles. The first kappa shape index (κ1) is 10.5. The second-order valence-corrected chi connectivity index (χ2v) is 3.96. The normalized spacial score (nSPS) is 10.2. The standard InChI is InChI=1S/C16H9N2/c17-11-16-15-8-4-7-13(14(15)9-10-18-16)12-5-2-1-3-6-12/h2-10H. The van der Waals surface area contributed by atoms with Crippen molar-refractivity contribution >= 4 is 10.8 Å². The highest BCUT2D eigenvalue weighted by atomic mass is 14.7. The van der Waals surface area contributed by atoms with E-state index >= 15 is 0 Å². The molecule has 0 aliphatic rings. The molecule has 0 aliphatic heterocycles. The molecule has 3 aromatic rings. The molecule has 0 N–H and O–H groups in total. The van der Waals surface area contributed by atoms with E-state index in [1.54, 1.807) is 6.20 Å². The Morgan fingerprint density at radius 2 is 1.83 bits per heavy atom. The van der Waals surface area contributed by atoms with Gasteiger partial charge in [-0.25, -0.2) is 4.98 Å². The molecular weight excluding hydrogens is 220 g/mol. The lowest BCUT2D eigenvalue weighted by atomic mass is 9.98. The van der Waals surface area contributed by atoms with Crippen LogP contribution >= 0.6 is 0 Å². The van der Waals surface area contributed by atoms with Gasteiger partial charge in [-0.15, -0.1) is 0 Å². The number of benzene rings is 2. The lowest BCUT2D eigenvalue weighted by Crippen LogP contribution is -1.87. The summed E-state index contributed by atoms with van der Waals surface area (Å²) in [4.78, 5) is 4.09. The number of fused-ring (bicyclic) bond motifs is 1. The number of nitriles is 1. The number of rotatable bonds is 1. The SMILES string of the molecule is N#Cc1nccc2c(-c3cc[c]cc3)cccc12. The summed E-state index contributed by atoms with van der Waals surface area (Å²) in [7, 11) is 0. The van der Waals surface area contributed by atoms with Gasteiger partial charge in [-0.2, -0.15) is 5.26 Å². The number of hydrogen-bond donors (Lipinski definition) is 0. The summed E-state index contributed by atoms with van der Waals surface area (Å²) in [5.41, 5.74) is 2.70. The summed E-state index contributed by atoms with van der Waals surface area (Å²) >= 11 is 0. The van der Waals surface area contributed by atoms with Crippen molar-refractivity contribution in [3.05, 3.63) is 66.5 Å². The minimum Gasteiger partial charge on any atom is -0.245 e. The van der Waals surface area contributed by atoms with Crippen LogP contribution in [0, 0.1) is 17.4 Å². The van der Waals surface area contributed by atoms with Crippen molar-refractivity contribution in [3.8, 4) is 17.2 Å². The van der Waals surface area contributed by atoms with Crippen molar-refractivity contribution in [1.29, 1.82) is 5.26 Å². The topological polar surface area (TPSA) is 36.7 Å². The minimum atomic E-state index is 0.469. The lowest BCUT2D eigenvalue weighted by Gasteiger charge is -2.07. The number of nitrogens with zero attached hydrogens (tertiary/aromatic N) is 2. The molecule has 3 rings (SSSR count). The average molecular weight is 229 g/mol. The van der Waals surface area contributed by atoms with E-state index in [0.717, 1.165) is 21.9 Å². The van der Waals surface area contributed by atoms with Gasteiger partial charge in [0.2, 0.25) is 0 Å². The van der Waals surface area contributed by atoms with Gasteiger partial charge < -0.3 is 0 Å². The Bertz CT molecular complexity index is 740. The summed E-state index contributed by atoms with van der Waals surface area (Å²) < 4.78 is 0. The molecule has 1 radical (unpaired) electrons. The van der Waals surface area contributed by atoms with Crippen molar-refractivity contribution in [2.75, 3.05) is 0 Å². The maximum Gasteiger partial charge on any atom is 0.148 e. The van der Waals surface area contributed by atoms with Crippen molar-refractivity contribution in [2.24, 2.45) is 0 Å². The van der Waals surface area contributed by atoms with Gasteiger partial charge in [0.15, 0.2) is 0 Å². The molecule has 2 nitrogen and oxygen atoms in total. The van der Waals surface area contributed by atoms with Crippen LogP contribution in [0.4, 0.5) is 0 Å². The molecule has 0 unspecified atom stereocenters. The fourth-order valence-corrected chi connectivity index (χ4v) is 2.11. The lowest BCUT2D eigenvalue weighted by molar-refractivity contribution is 1.30. The Kier molecular flexibility index (Phi) is 2.51. The van der Waals surface area contributed by atoms with Gasteiger partial charge in [0, 0.05) is 11.6 Å². The van der Waals surface area contributed by atoms with Crippen molar-refractivity contribution in [3.63, 3.8) is 0 Å². The summed E-state index contributed by atoms with van der Waals surface area (Å²) in [6.45, 7) is 0. The maximum atomic E-state index is 9.08. The van der Waals surface area contributed by atoms with Crippen molar-refractivity contribution < 1.29 is 0 Å². The van der Waals surface area contributed by atoms with E-state index in [0.29, 0.717) is 5.69 Å². The van der Waals surface area contributed by atoms with Crippen LogP contribution in [-0.4, -0.2) is 4.98 Å². The van der Waals surface area contributed by atoms with Gasteiger partial charge in [-0.1, -0.05) is 42.5 Å². The van der Waals surface area contributed by atoms with E-state index in [9.17, 15) is 0 Å². The molecule has 0 amide bonds. The van der Waals surface area contributed by atoms with E-state index in [1.807, 2.05) is 42.5 Å². The third-order valence-electron chi connectivity index (χ3n) is 2.94. The molecule has 18 heavy (non-hydrogen) atoms. The predicted molar refractivity (Wildman–Crippen MR) is 70.7 cm³/mol. The van der Waals surface area contributed by atoms with E-state index < -0.39 is 0 Å². The van der Waals surface area contributed by atoms with Crippen LogP contribution in [0.15, 0.2) is 54.7 Å². The Morgan fingerprint density at radius 3 is 2.61 bits per heavy atom. The number of hydrogen-bond acceptors (Lipinski definition) is 2. The number of aromatic nitrogens is 1. The fraction of sp³-hybridized carbons (Fsp3) is 0.